The molecule has 0 bridgehead atoms. The number of rotatable bonds is 4. The molecule has 0 aromatic heterocycles. The molecule has 0 spiro atoms. The number of aryl methyl sites for hydroxylation is 2. The van der Waals surface area contributed by atoms with Crippen LogP contribution in [0, 0.1) is 13.8 Å². The number of nitrogens with two attached hydrogens (primary N) is 1. The van der Waals surface area contributed by atoms with E-state index < -0.39 is 10.1 Å². The summed E-state index contributed by atoms with van der Waals surface area (Å²) in [5, 5.41) is 0. The molecule has 0 amide bonds. The van der Waals surface area contributed by atoms with E-state index in [0.29, 0.717) is 13.2 Å². The second-order valence-electron chi connectivity index (χ2n) is 4.74. The van der Waals surface area contributed by atoms with Crippen molar-refractivity contribution in [3.8, 4) is 5.75 Å². The third-order valence-electron chi connectivity index (χ3n) is 2.69. The Kier molecular flexibility index (Phi) is 7.04. The number of benzene rings is 2. The average molecular weight is 323 g/mol. The zero-order valence-electron chi connectivity index (χ0n) is 12.7. The molecule has 0 unspecified atom stereocenters. The fourth-order valence-electron chi connectivity index (χ4n) is 1.59. The minimum atomic E-state index is -4.02. The summed E-state index contributed by atoms with van der Waals surface area (Å²) < 4.78 is 34.9. The van der Waals surface area contributed by atoms with E-state index >= 15 is 0 Å². The smallest absolute Gasteiger partial charge is 0.294 e. The van der Waals surface area contributed by atoms with E-state index in [9.17, 15) is 8.42 Å². The van der Waals surface area contributed by atoms with Gasteiger partial charge in [-0.2, -0.15) is 8.42 Å². The molecule has 0 fully saturated rings. The lowest BCUT2D eigenvalue weighted by molar-refractivity contribution is 0.328. The standard InChI is InChI=1S/C9H13NO.C7H8O3S/c1-8-3-2-4-9(7-8)11-6-5-10;1-6-2-4-7(5-3-6)11(8,9)10/h2-4,7H,5-6,10H2,1H3;2-5H,1H3,(H,8,9,10). The van der Waals surface area contributed by atoms with Crippen molar-refractivity contribution in [2.45, 2.75) is 18.7 Å². The summed E-state index contributed by atoms with van der Waals surface area (Å²) in [6.07, 6.45) is 0. The molecular weight excluding hydrogens is 302 g/mol. The van der Waals surface area contributed by atoms with E-state index in [0.717, 1.165) is 11.3 Å². The summed E-state index contributed by atoms with van der Waals surface area (Å²) >= 11 is 0. The first-order chi connectivity index (χ1) is 10.3. The van der Waals surface area contributed by atoms with Crippen molar-refractivity contribution >= 4 is 10.1 Å². The fraction of sp³-hybridized carbons (Fsp3) is 0.250. The van der Waals surface area contributed by atoms with Gasteiger partial charge in [0.05, 0.1) is 4.90 Å². The third kappa shape index (κ3) is 6.71. The normalized spacial score (nSPS) is 10.5. The van der Waals surface area contributed by atoms with Crippen LogP contribution in [0.5, 0.6) is 5.75 Å². The van der Waals surface area contributed by atoms with E-state index in [4.69, 9.17) is 15.0 Å². The summed E-state index contributed by atoms with van der Waals surface area (Å²) in [6.45, 7) is 5.03. The van der Waals surface area contributed by atoms with Crippen molar-refractivity contribution in [2.75, 3.05) is 13.2 Å². The van der Waals surface area contributed by atoms with Crippen LogP contribution in [0.4, 0.5) is 0 Å². The molecule has 3 N–H and O–H groups in total. The minimum absolute atomic E-state index is 0.0666. The van der Waals surface area contributed by atoms with Crippen LogP contribution < -0.4 is 10.5 Å². The first-order valence-corrected chi connectivity index (χ1v) is 8.20. The summed E-state index contributed by atoms with van der Waals surface area (Å²) in [4.78, 5) is -0.0666. The van der Waals surface area contributed by atoms with Crippen LogP contribution in [0.2, 0.25) is 0 Å². The summed E-state index contributed by atoms with van der Waals surface area (Å²) in [7, 11) is -4.02. The largest absolute Gasteiger partial charge is 0.492 e. The van der Waals surface area contributed by atoms with Crippen LogP contribution in [-0.2, 0) is 10.1 Å². The van der Waals surface area contributed by atoms with Crippen LogP contribution in [0.1, 0.15) is 11.1 Å². The summed E-state index contributed by atoms with van der Waals surface area (Å²) in [5.41, 5.74) is 7.45. The maximum Gasteiger partial charge on any atom is 0.294 e. The Morgan fingerprint density at radius 2 is 1.68 bits per heavy atom. The molecule has 2 aromatic rings. The SMILES string of the molecule is Cc1ccc(S(=O)(=O)O)cc1.Cc1cccc(OCCN)c1. The zero-order valence-corrected chi connectivity index (χ0v) is 13.5. The van der Waals surface area contributed by atoms with Gasteiger partial charge in [-0.3, -0.25) is 4.55 Å². The van der Waals surface area contributed by atoms with Crippen LogP contribution in [0.25, 0.3) is 0 Å². The Balaban J connectivity index is 0.000000220. The van der Waals surface area contributed by atoms with Gasteiger partial charge in [-0.25, -0.2) is 0 Å². The van der Waals surface area contributed by atoms with E-state index in [1.54, 1.807) is 12.1 Å². The van der Waals surface area contributed by atoms with Crippen molar-refractivity contribution in [3.63, 3.8) is 0 Å². The summed E-state index contributed by atoms with van der Waals surface area (Å²) in [5.74, 6) is 0.899. The molecule has 22 heavy (non-hydrogen) atoms. The van der Waals surface area contributed by atoms with Crippen LogP contribution in [0.3, 0.4) is 0 Å². The van der Waals surface area contributed by atoms with Crippen molar-refractivity contribution in [1.29, 1.82) is 0 Å². The lowest BCUT2D eigenvalue weighted by Gasteiger charge is -2.03. The van der Waals surface area contributed by atoms with Gasteiger partial charge in [0.15, 0.2) is 0 Å². The molecule has 120 valence electrons. The molecule has 0 heterocycles. The molecule has 0 aliphatic heterocycles. The van der Waals surface area contributed by atoms with Gasteiger partial charge in [0, 0.05) is 6.54 Å². The molecule has 0 aliphatic carbocycles. The monoisotopic (exact) mass is 323 g/mol. The maximum atomic E-state index is 10.5. The van der Waals surface area contributed by atoms with Crippen molar-refractivity contribution < 1.29 is 17.7 Å². The Labute approximate surface area is 131 Å². The van der Waals surface area contributed by atoms with Gasteiger partial charge in [-0.15, -0.1) is 0 Å². The van der Waals surface area contributed by atoms with Crippen LogP contribution >= 0.6 is 0 Å². The fourth-order valence-corrected chi connectivity index (χ4v) is 2.07. The highest BCUT2D eigenvalue weighted by atomic mass is 32.2. The zero-order chi connectivity index (χ0) is 16.6. The van der Waals surface area contributed by atoms with Crippen LogP contribution in [0.15, 0.2) is 53.4 Å². The molecule has 0 saturated heterocycles. The number of ether oxygens (including phenoxy) is 1. The maximum absolute atomic E-state index is 10.5. The lowest BCUT2D eigenvalue weighted by Crippen LogP contribution is -2.10. The topological polar surface area (TPSA) is 89.6 Å². The Morgan fingerprint density at radius 1 is 1.05 bits per heavy atom. The Bertz CT molecular complexity index is 682. The van der Waals surface area contributed by atoms with Gasteiger partial charge >= 0.3 is 0 Å². The Hall–Kier alpha value is -1.89. The molecule has 0 saturated carbocycles. The predicted molar refractivity (Wildman–Crippen MR) is 86.7 cm³/mol. The van der Waals surface area contributed by atoms with Crippen LogP contribution in [-0.4, -0.2) is 26.1 Å². The second-order valence-corrected chi connectivity index (χ2v) is 6.16. The molecule has 0 atom stereocenters. The third-order valence-corrected chi connectivity index (χ3v) is 3.56. The quantitative estimate of drug-likeness (QED) is 0.844. The van der Waals surface area contributed by atoms with Gasteiger partial charge in [0.25, 0.3) is 10.1 Å². The highest BCUT2D eigenvalue weighted by Crippen LogP contribution is 2.11. The van der Waals surface area contributed by atoms with E-state index in [2.05, 4.69) is 0 Å². The minimum Gasteiger partial charge on any atom is -0.492 e. The average Bonchev–Trinajstić information content (AvgIpc) is 2.45. The van der Waals surface area contributed by atoms with Gasteiger partial charge < -0.3 is 10.5 Å². The first-order valence-electron chi connectivity index (χ1n) is 6.76. The summed E-state index contributed by atoms with van der Waals surface area (Å²) in [6, 6.07) is 13.9. The molecule has 0 aliphatic rings. The van der Waals surface area contributed by atoms with Gasteiger partial charge in [-0.05, 0) is 43.7 Å². The highest BCUT2D eigenvalue weighted by molar-refractivity contribution is 7.85. The van der Waals surface area contributed by atoms with Gasteiger partial charge in [-0.1, -0.05) is 29.8 Å². The van der Waals surface area contributed by atoms with Crippen molar-refractivity contribution in [2.24, 2.45) is 5.73 Å². The first kappa shape index (κ1) is 18.2. The van der Waals surface area contributed by atoms with Crippen molar-refractivity contribution in [3.05, 3.63) is 59.7 Å². The molecule has 6 heteroatoms. The molecular formula is C16H21NO4S. The lowest BCUT2D eigenvalue weighted by atomic mass is 10.2. The van der Waals surface area contributed by atoms with Gasteiger partial charge in [0.2, 0.25) is 0 Å². The van der Waals surface area contributed by atoms with Crippen molar-refractivity contribution in [1.82, 2.24) is 0 Å². The second kappa shape index (κ2) is 8.53. The van der Waals surface area contributed by atoms with E-state index in [1.165, 1.54) is 17.7 Å². The molecule has 0 radical (unpaired) electrons. The van der Waals surface area contributed by atoms with E-state index in [-0.39, 0.29) is 4.90 Å². The Morgan fingerprint density at radius 3 is 2.18 bits per heavy atom. The highest BCUT2D eigenvalue weighted by Gasteiger charge is 2.06. The molecule has 2 rings (SSSR count). The van der Waals surface area contributed by atoms with Gasteiger partial charge in [0.1, 0.15) is 12.4 Å². The van der Waals surface area contributed by atoms with E-state index in [1.807, 2.05) is 38.1 Å². The number of hydrogen-bond acceptors (Lipinski definition) is 4. The molecule has 5 nitrogen and oxygen atoms in total. The molecule has 2 aromatic carbocycles. The predicted octanol–water partition coefficient (Wildman–Crippen LogP) is 2.57. The number of hydrogen-bond donors (Lipinski definition) is 2.